The van der Waals surface area contributed by atoms with Gasteiger partial charge in [-0.05, 0) is 44.0 Å². The minimum absolute atomic E-state index is 0.103. The van der Waals surface area contributed by atoms with Gasteiger partial charge in [0, 0.05) is 6.54 Å². The fourth-order valence-corrected chi connectivity index (χ4v) is 3.36. The molecule has 0 unspecified atom stereocenters. The van der Waals surface area contributed by atoms with Crippen LogP contribution in [0.2, 0.25) is 0 Å². The second-order valence-electron chi connectivity index (χ2n) is 4.95. The number of carbonyl (C=O) groups excluding carboxylic acids is 2. The van der Waals surface area contributed by atoms with E-state index in [1.165, 1.54) is 6.07 Å². The van der Waals surface area contributed by atoms with Crippen LogP contribution in [0.15, 0.2) is 23.1 Å². The van der Waals surface area contributed by atoms with Gasteiger partial charge >= 0.3 is 6.09 Å². The van der Waals surface area contributed by atoms with E-state index in [2.05, 4.69) is 4.74 Å². The van der Waals surface area contributed by atoms with Gasteiger partial charge in [0.15, 0.2) is 0 Å². The minimum atomic E-state index is -3.81. The highest BCUT2D eigenvalue weighted by atomic mass is 32.2. The molecule has 0 bridgehead atoms. The number of sulfonamides is 1. The molecule has 0 atom stereocenters. The molecule has 0 saturated heterocycles. The van der Waals surface area contributed by atoms with Crippen LogP contribution in [-0.2, 0) is 19.6 Å². The quantitative estimate of drug-likeness (QED) is 0.847. The first kappa shape index (κ1) is 19.1. The molecule has 23 heavy (non-hydrogen) atoms. The summed E-state index contributed by atoms with van der Waals surface area (Å²) in [5.41, 5.74) is 1.82. The molecule has 0 spiro atoms. The van der Waals surface area contributed by atoms with E-state index >= 15 is 0 Å². The van der Waals surface area contributed by atoms with Crippen molar-refractivity contribution in [1.29, 1.82) is 0 Å². The maximum Gasteiger partial charge on any atom is 0.413 e. The van der Waals surface area contributed by atoms with E-state index in [-0.39, 0.29) is 18.0 Å². The predicted octanol–water partition coefficient (Wildman–Crippen LogP) is 1.59. The summed E-state index contributed by atoms with van der Waals surface area (Å²) in [7, 11) is -3.81. The van der Waals surface area contributed by atoms with E-state index in [0.29, 0.717) is 0 Å². The molecule has 0 aliphatic carbocycles. The summed E-state index contributed by atoms with van der Waals surface area (Å²) in [5.74, 6) is -0.738. The first-order chi connectivity index (χ1) is 10.7. The van der Waals surface area contributed by atoms with Crippen molar-refractivity contribution >= 4 is 22.0 Å². The molecule has 7 nitrogen and oxygen atoms in total. The lowest BCUT2D eigenvalue weighted by molar-refractivity contribution is -0.120. The van der Waals surface area contributed by atoms with Crippen LogP contribution in [-0.4, -0.2) is 44.4 Å². The second kappa shape index (κ2) is 8.07. The Morgan fingerprint density at radius 3 is 2.35 bits per heavy atom. The molecule has 0 saturated carbocycles. The zero-order valence-electron chi connectivity index (χ0n) is 13.8. The number of amides is 2. The number of imide groups is 1. The number of nitrogens with zero attached hydrogens (tertiary/aromatic N) is 1. The Morgan fingerprint density at radius 1 is 1.17 bits per heavy atom. The molecule has 1 aromatic carbocycles. The maximum absolute atomic E-state index is 12.6. The minimum Gasteiger partial charge on any atom is -0.450 e. The van der Waals surface area contributed by atoms with Crippen molar-refractivity contribution < 1.29 is 22.7 Å². The normalized spacial score (nSPS) is 11.3. The number of hydrogen-bond donors (Lipinski definition) is 1. The summed E-state index contributed by atoms with van der Waals surface area (Å²) in [6.45, 7) is 6.70. The number of benzene rings is 1. The van der Waals surface area contributed by atoms with Crippen molar-refractivity contribution in [1.82, 2.24) is 9.62 Å². The van der Waals surface area contributed by atoms with Crippen molar-refractivity contribution in [2.75, 3.05) is 19.7 Å². The zero-order chi connectivity index (χ0) is 17.6. The summed E-state index contributed by atoms with van der Waals surface area (Å²) in [6, 6.07) is 4.79. The molecule has 0 fully saturated rings. The van der Waals surface area contributed by atoms with Crippen LogP contribution in [0.25, 0.3) is 0 Å². The van der Waals surface area contributed by atoms with Crippen molar-refractivity contribution in [2.24, 2.45) is 0 Å². The molecule has 8 heteroatoms. The summed E-state index contributed by atoms with van der Waals surface area (Å²) < 4.78 is 30.8. The molecular formula is C15H22N2O5S. The summed E-state index contributed by atoms with van der Waals surface area (Å²) in [6.07, 6.45) is -0.892. The van der Waals surface area contributed by atoms with E-state index in [1.807, 2.05) is 19.2 Å². The van der Waals surface area contributed by atoms with Gasteiger partial charge < -0.3 is 4.74 Å². The van der Waals surface area contributed by atoms with Crippen LogP contribution >= 0.6 is 0 Å². The van der Waals surface area contributed by atoms with Gasteiger partial charge in [-0.3, -0.25) is 10.1 Å². The lowest BCUT2D eigenvalue weighted by Crippen LogP contribution is -2.42. The molecule has 0 aliphatic heterocycles. The molecule has 128 valence electrons. The van der Waals surface area contributed by atoms with Crippen molar-refractivity contribution in [3.8, 4) is 0 Å². The Labute approximate surface area is 136 Å². The highest BCUT2D eigenvalue weighted by molar-refractivity contribution is 7.89. The van der Waals surface area contributed by atoms with Gasteiger partial charge in [-0.25, -0.2) is 13.2 Å². The van der Waals surface area contributed by atoms with Crippen molar-refractivity contribution in [3.05, 3.63) is 29.3 Å². The molecular weight excluding hydrogens is 320 g/mol. The average Bonchev–Trinajstić information content (AvgIpc) is 2.47. The van der Waals surface area contributed by atoms with Gasteiger partial charge in [-0.15, -0.1) is 0 Å². The topological polar surface area (TPSA) is 92.8 Å². The lowest BCUT2D eigenvalue weighted by Gasteiger charge is -2.20. The van der Waals surface area contributed by atoms with E-state index < -0.39 is 28.6 Å². The number of hydrogen-bond acceptors (Lipinski definition) is 5. The monoisotopic (exact) mass is 342 g/mol. The molecule has 1 rings (SSSR count). The maximum atomic E-state index is 12.6. The summed E-state index contributed by atoms with van der Waals surface area (Å²) in [5, 5.41) is 1.98. The predicted molar refractivity (Wildman–Crippen MR) is 85.5 cm³/mol. The number of rotatable bonds is 6. The van der Waals surface area contributed by atoms with Gasteiger partial charge in [-0.1, -0.05) is 13.0 Å². The Bertz CT molecular complexity index is 685. The zero-order valence-corrected chi connectivity index (χ0v) is 14.6. The number of nitrogens with one attached hydrogen (secondary N) is 1. The third-order valence-corrected chi connectivity index (χ3v) is 5.22. The van der Waals surface area contributed by atoms with Crippen molar-refractivity contribution in [2.45, 2.75) is 32.6 Å². The van der Waals surface area contributed by atoms with Crippen LogP contribution in [0.5, 0.6) is 0 Å². The lowest BCUT2D eigenvalue weighted by atomic mass is 10.1. The fourth-order valence-electron chi connectivity index (χ4n) is 1.87. The SMILES string of the molecule is CCOC(=O)NC(=O)CN(CC)S(=O)(=O)c1ccc(C)c(C)c1. The smallest absolute Gasteiger partial charge is 0.413 e. The van der Waals surface area contributed by atoms with Crippen LogP contribution < -0.4 is 5.32 Å². The van der Waals surface area contributed by atoms with Crippen LogP contribution in [0.3, 0.4) is 0 Å². The molecule has 2 amide bonds. The molecule has 0 radical (unpaired) electrons. The fraction of sp³-hybridized carbons (Fsp3) is 0.467. The van der Waals surface area contributed by atoms with Crippen LogP contribution in [0.4, 0.5) is 4.79 Å². The molecule has 0 aliphatic rings. The van der Waals surface area contributed by atoms with Crippen LogP contribution in [0.1, 0.15) is 25.0 Å². The first-order valence-corrected chi connectivity index (χ1v) is 8.70. The Morgan fingerprint density at radius 2 is 1.83 bits per heavy atom. The van der Waals surface area contributed by atoms with Gasteiger partial charge in [-0.2, -0.15) is 4.31 Å². The number of aryl methyl sites for hydroxylation is 2. The van der Waals surface area contributed by atoms with E-state index in [1.54, 1.807) is 26.0 Å². The Hall–Kier alpha value is -1.93. The number of ether oxygens (including phenoxy) is 1. The highest BCUT2D eigenvalue weighted by Crippen LogP contribution is 2.18. The molecule has 1 aromatic rings. The van der Waals surface area contributed by atoms with E-state index in [9.17, 15) is 18.0 Å². The van der Waals surface area contributed by atoms with E-state index in [4.69, 9.17) is 0 Å². The Balaban J connectivity index is 2.92. The average molecular weight is 342 g/mol. The number of carbonyl (C=O) groups is 2. The van der Waals surface area contributed by atoms with Crippen molar-refractivity contribution in [3.63, 3.8) is 0 Å². The van der Waals surface area contributed by atoms with E-state index in [0.717, 1.165) is 15.4 Å². The van der Waals surface area contributed by atoms with Gasteiger partial charge in [0.1, 0.15) is 0 Å². The molecule has 1 N–H and O–H groups in total. The second-order valence-corrected chi connectivity index (χ2v) is 6.88. The standard InChI is InChI=1S/C15H22N2O5S/c1-5-17(10-14(18)16-15(19)22-6-2)23(20,21)13-8-7-11(3)12(4)9-13/h7-9H,5-6,10H2,1-4H3,(H,16,18,19). The summed E-state index contributed by atoms with van der Waals surface area (Å²) >= 11 is 0. The number of likely N-dealkylation sites (N-methyl/N-ethyl adjacent to an activating group) is 1. The van der Waals surface area contributed by atoms with Gasteiger partial charge in [0.05, 0.1) is 18.0 Å². The molecule has 0 aromatic heterocycles. The third kappa shape index (κ3) is 5.04. The third-order valence-electron chi connectivity index (χ3n) is 3.31. The summed E-state index contributed by atoms with van der Waals surface area (Å²) in [4.78, 5) is 23.1. The van der Waals surface area contributed by atoms with Gasteiger partial charge in [0.25, 0.3) is 0 Å². The van der Waals surface area contributed by atoms with Gasteiger partial charge in [0.2, 0.25) is 15.9 Å². The Kier molecular flexibility index (Phi) is 6.71. The first-order valence-electron chi connectivity index (χ1n) is 7.26. The largest absolute Gasteiger partial charge is 0.450 e. The molecule has 0 heterocycles. The number of alkyl carbamates (subject to hydrolysis) is 1. The highest BCUT2D eigenvalue weighted by Gasteiger charge is 2.26. The van der Waals surface area contributed by atoms with Crippen LogP contribution in [0, 0.1) is 13.8 Å².